The largest absolute Gasteiger partial charge is 0.454 e. The van der Waals surface area contributed by atoms with Crippen LogP contribution in [0.25, 0.3) is 0 Å². The Kier molecular flexibility index (Phi) is 4.82. The zero-order valence-electron chi connectivity index (χ0n) is 14.9. The van der Waals surface area contributed by atoms with Crippen molar-refractivity contribution in [1.29, 1.82) is 0 Å². The average molecular weight is 396 g/mol. The summed E-state index contributed by atoms with van der Waals surface area (Å²) < 4.78 is 37.2. The Morgan fingerprint density at radius 2 is 1.52 bits per heavy atom. The number of amides is 2. The van der Waals surface area contributed by atoms with Crippen molar-refractivity contribution in [2.75, 3.05) is 17.4 Å². The van der Waals surface area contributed by atoms with E-state index in [1.807, 2.05) is 0 Å². The van der Waals surface area contributed by atoms with E-state index in [0.29, 0.717) is 23.3 Å². The van der Waals surface area contributed by atoms with Crippen LogP contribution in [0.2, 0.25) is 0 Å². The fourth-order valence-electron chi connectivity index (χ4n) is 2.84. The lowest BCUT2D eigenvalue weighted by atomic mass is 10.1. The van der Waals surface area contributed by atoms with Gasteiger partial charge in [-0.2, -0.15) is 0 Å². The van der Waals surface area contributed by atoms with Gasteiger partial charge in [-0.25, -0.2) is 8.78 Å². The second-order valence-corrected chi connectivity index (χ2v) is 6.18. The van der Waals surface area contributed by atoms with Gasteiger partial charge in [-0.3, -0.25) is 9.59 Å². The summed E-state index contributed by atoms with van der Waals surface area (Å²) in [6.45, 7) is 0.113. The summed E-state index contributed by atoms with van der Waals surface area (Å²) >= 11 is 0. The lowest BCUT2D eigenvalue weighted by Crippen LogP contribution is -2.18. The molecule has 3 aromatic carbocycles. The molecular formula is C21H14F2N2O4. The number of para-hydroxylation sites is 1. The highest BCUT2D eigenvalue weighted by Crippen LogP contribution is 2.34. The third-order valence-corrected chi connectivity index (χ3v) is 4.18. The molecule has 1 aliphatic rings. The van der Waals surface area contributed by atoms with Gasteiger partial charge in [0.25, 0.3) is 11.8 Å². The average Bonchev–Trinajstić information content (AvgIpc) is 3.15. The standard InChI is InChI=1S/C21H14F2N2O4/c22-13-7-12(8-14(23)9-13)20(26)25-17-4-2-1-3-16(17)21(27)24-15-5-6-18-19(10-15)29-11-28-18/h1-10H,11H2,(H,24,27)(H,25,26). The van der Waals surface area contributed by atoms with Crippen LogP contribution in [0.15, 0.2) is 60.7 Å². The molecule has 0 fully saturated rings. The second-order valence-electron chi connectivity index (χ2n) is 6.18. The molecule has 1 aliphatic heterocycles. The predicted molar refractivity (Wildman–Crippen MR) is 101 cm³/mol. The van der Waals surface area contributed by atoms with Crippen LogP contribution in [0.3, 0.4) is 0 Å². The van der Waals surface area contributed by atoms with Gasteiger partial charge in [0, 0.05) is 23.4 Å². The van der Waals surface area contributed by atoms with Crippen molar-refractivity contribution in [3.8, 4) is 11.5 Å². The first-order chi connectivity index (χ1) is 14.0. The Balaban J connectivity index is 1.54. The fourth-order valence-corrected chi connectivity index (χ4v) is 2.84. The van der Waals surface area contributed by atoms with Gasteiger partial charge < -0.3 is 20.1 Å². The molecule has 0 atom stereocenters. The minimum Gasteiger partial charge on any atom is -0.454 e. The lowest BCUT2D eigenvalue weighted by Gasteiger charge is -2.12. The maximum absolute atomic E-state index is 13.4. The first-order valence-corrected chi connectivity index (χ1v) is 8.57. The number of halogens is 2. The van der Waals surface area contributed by atoms with Crippen molar-refractivity contribution in [2.45, 2.75) is 0 Å². The monoisotopic (exact) mass is 396 g/mol. The van der Waals surface area contributed by atoms with Crippen LogP contribution >= 0.6 is 0 Å². The molecule has 0 radical (unpaired) electrons. The molecule has 6 nitrogen and oxygen atoms in total. The van der Waals surface area contributed by atoms with E-state index in [9.17, 15) is 18.4 Å². The molecule has 0 saturated carbocycles. The molecule has 0 aromatic heterocycles. The molecule has 146 valence electrons. The minimum absolute atomic E-state index is 0.113. The van der Waals surface area contributed by atoms with Gasteiger partial charge in [-0.15, -0.1) is 0 Å². The number of rotatable bonds is 4. The summed E-state index contributed by atoms with van der Waals surface area (Å²) in [6.07, 6.45) is 0. The Hall–Kier alpha value is -3.94. The number of anilines is 2. The molecule has 29 heavy (non-hydrogen) atoms. The number of carbonyl (C=O) groups is 2. The van der Waals surface area contributed by atoms with Crippen LogP contribution in [0.1, 0.15) is 20.7 Å². The van der Waals surface area contributed by atoms with E-state index in [4.69, 9.17) is 9.47 Å². The van der Waals surface area contributed by atoms with E-state index in [2.05, 4.69) is 10.6 Å². The Bertz CT molecular complexity index is 1100. The summed E-state index contributed by atoms with van der Waals surface area (Å²) in [4.78, 5) is 25.1. The SMILES string of the molecule is O=C(Nc1ccccc1C(=O)Nc1ccc2c(c1)OCO2)c1cc(F)cc(F)c1. The first-order valence-electron chi connectivity index (χ1n) is 8.57. The molecule has 0 aliphatic carbocycles. The van der Waals surface area contributed by atoms with Gasteiger partial charge in [0.05, 0.1) is 11.3 Å². The quantitative estimate of drug-likeness (QED) is 0.693. The van der Waals surface area contributed by atoms with E-state index >= 15 is 0 Å². The lowest BCUT2D eigenvalue weighted by molar-refractivity contribution is 0.102. The maximum Gasteiger partial charge on any atom is 0.257 e. The normalized spacial score (nSPS) is 11.8. The van der Waals surface area contributed by atoms with Crippen molar-refractivity contribution in [1.82, 2.24) is 0 Å². The van der Waals surface area contributed by atoms with Crippen molar-refractivity contribution in [2.24, 2.45) is 0 Å². The molecule has 2 amide bonds. The van der Waals surface area contributed by atoms with Crippen molar-refractivity contribution in [3.05, 3.63) is 83.4 Å². The summed E-state index contributed by atoms with van der Waals surface area (Å²) in [5.74, 6) is -1.87. The van der Waals surface area contributed by atoms with E-state index < -0.39 is 23.4 Å². The number of carbonyl (C=O) groups excluding carboxylic acids is 2. The third-order valence-electron chi connectivity index (χ3n) is 4.18. The van der Waals surface area contributed by atoms with Crippen molar-refractivity contribution >= 4 is 23.2 Å². The number of nitrogens with one attached hydrogen (secondary N) is 2. The van der Waals surface area contributed by atoms with Gasteiger partial charge in [0.2, 0.25) is 6.79 Å². The van der Waals surface area contributed by atoms with Crippen LogP contribution in [-0.2, 0) is 0 Å². The number of fused-ring (bicyclic) bond motifs is 1. The maximum atomic E-state index is 13.4. The number of hydrogen-bond acceptors (Lipinski definition) is 4. The van der Waals surface area contributed by atoms with Crippen LogP contribution in [-0.4, -0.2) is 18.6 Å². The molecule has 3 aromatic rings. The van der Waals surface area contributed by atoms with E-state index in [-0.39, 0.29) is 23.6 Å². The number of hydrogen-bond donors (Lipinski definition) is 2. The molecule has 2 N–H and O–H groups in total. The number of ether oxygens (including phenoxy) is 2. The summed E-state index contributed by atoms with van der Waals surface area (Å²) in [5, 5.41) is 5.23. The van der Waals surface area contributed by atoms with Gasteiger partial charge in [0.15, 0.2) is 11.5 Å². The molecule has 4 rings (SSSR count). The Labute approximate surface area is 164 Å². The molecule has 8 heteroatoms. The van der Waals surface area contributed by atoms with Crippen molar-refractivity contribution in [3.63, 3.8) is 0 Å². The van der Waals surface area contributed by atoms with Gasteiger partial charge in [-0.05, 0) is 36.4 Å². The van der Waals surface area contributed by atoms with E-state index in [0.717, 1.165) is 12.1 Å². The highest BCUT2D eigenvalue weighted by atomic mass is 19.1. The van der Waals surface area contributed by atoms with Crippen LogP contribution in [0, 0.1) is 11.6 Å². The zero-order chi connectivity index (χ0) is 20.4. The number of benzene rings is 3. The summed E-state index contributed by atoms with van der Waals surface area (Å²) in [5.41, 5.74) is 0.650. The van der Waals surface area contributed by atoms with Crippen LogP contribution < -0.4 is 20.1 Å². The molecule has 0 saturated heterocycles. The van der Waals surface area contributed by atoms with Gasteiger partial charge in [-0.1, -0.05) is 12.1 Å². The first kappa shape index (κ1) is 18.4. The van der Waals surface area contributed by atoms with E-state index in [1.54, 1.807) is 30.3 Å². The third kappa shape index (κ3) is 4.01. The van der Waals surface area contributed by atoms with Crippen LogP contribution in [0.4, 0.5) is 20.2 Å². The van der Waals surface area contributed by atoms with Crippen molar-refractivity contribution < 1.29 is 27.8 Å². The molecule has 1 heterocycles. The molecule has 0 unspecified atom stereocenters. The molecule has 0 bridgehead atoms. The second kappa shape index (κ2) is 7.59. The minimum atomic E-state index is -0.871. The summed E-state index contributed by atoms with van der Waals surface area (Å²) in [7, 11) is 0. The predicted octanol–water partition coefficient (Wildman–Crippen LogP) is 4.20. The van der Waals surface area contributed by atoms with Gasteiger partial charge >= 0.3 is 0 Å². The van der Waals surface area contributed by atoms with Gasteiger partial charge in [0.1, 0.15) is 11.6 Å². The Morgan fingerprint density at radius 1 is 0.793 bits per heavy atom. The van der Waals surface area contributed by atoms with E-state index in [1.165, 1.54) is 12.1 Å². The van der Waals surface area contributed by atoms with Crippen LogP contribution in [0.5, 0.6) is 11.5 Å². The topological polar surface area (TPSA) is 76.7 Å². The molecule has 0 spiro atoms. The molecular weight excluding hydrogens is 382 g/mol. The highest BCUT2D eigenvalue weighted by molar-refractivity contribution is 6.12. The highest BCUT2D eigenvalue weighted by Gasteiger charge is 2.18. The fraction of sp³-hybridized carbons (Fsp3) is 0.0476. The smallest absolute Gasteiger partial charge is 0.257 e. The zero-order valence-corrected chi connectivity index (χ0v) is 14.9. The summed E-state index contributed by atoms with van der Waals surface area (Å²) in [6, 6.07) is 13.7. The Morgan fingerprint density at radius 3 is 2.31 bits per heavy atom.